The molecule has 0 aromatic carbocycles. The lowest BCUT2D eigenvalue weighted by Crippen LogP contribution is -2.28. The van der Waals surface area contributed by atoms with Crippen LogP contribution in [0, 0.1) is 5.21 Å². The highest BCUT2D eigenvalue weighted by Crippen LogP contribution is 1.97. The molecule has 0 aliphatic rings. The first-order chi connectivity index (χ1) is 5.13. The fraction of sp³-hybridized carbons (Fsp3) is 0.800. The van der Waals surface area contributed by atoms with Crippen molar-refractivity contribution in [1.29, 1.82) is 0 Å². The van der Waals surface area contributed by atoms with Gasteiger partial charge in [0.05, 0.1) is 0 Å². The Morgan fingerprint density at radius 2 is 2.45 bits per heavy atom. The van der Waals surface area contributed by atoms with Gasteiger partial charge in [0, 0.05) is 6.42 Å². The zero-order valence-electron chi connectivity index (χ0n) is 6.35. The highest BCUT2D eigenvalue weighted by Gasteiger charge is 2.25. The molecular formula is C5H10N2O4. The summed E-state index contributed by atoms with van der Waals surface area (Å²) in [6.45, 7) is 1.58. The molecule has 0 amide bonds. The molecule has 6 heteroatoms. The van der Waals surface area contributed by atoms with Crippen molar-refractivity contribution >= 4 is 5.97 Å². The summed E-state index contributed by atoms with van der Waals surface area (Å²) in [5.41, 5.74) is 0. The first kappa shape index (κ1) is 9.67. The van der Waals surface area contributed by atoms with Gasteiger partial charge in [0.25, 0.3) is 6.04 Å². The first-order valence-corrected chi connectivity index (χ1v) is 3.06. The molecule has 0 saturated carbocycles. The standard InChI is InChI=1S/C5H10N2O4/c1-3-4(5(8)9)7(10)6-11-2/h4H,3H2,1-2H3,(H,8,9)/b7-6-/t4-/m0/s1. The molecule has 64 valence electrons. The second-order valence-corrected chi connectivity index (χ2v) is 1.83. The lowest BCUT2D eigenvalue weighted by atomic mass is 10.2. The van der Waals surface area contributed by atoms with Crippen molar-refractivity contribution in [2.75, 3.05) is 7.11 Å². The van der Waals surface area contributed by atoms with E-state index in [-0.39, 0.29) is 11.3 Å². The summed E-state index contributed by atoms with van der Waals surface area (Å²) in [7, 11) is 1.18. The molecule has 0 saturated heterocycles. The molecule has 6 nitrogen and oxygen atoms in total. The molecule has 0 radical (unpaired) electrons. The van der Waals surface area contributed by atoms with Crippen LogP contribution in [0.4, 0.5) is 0 Å². The van der Waals surface area contributed by atoms with Gasteiger partial charge in [-0.2, -0.15) is 0 Å². The van der Waals surface area contributed by atoms with Crippen molar-refractivity contribution in [3.8, 4) is 0 Å². The summed E-state index contributed by atoms with van der Waals surface area (Å²) in [5, 5.41) is 22.0. The smallest absolute Gasteiger partial charge is 0.377 e. The molecule has 0 fully saturated rings. The molecule has 0 bridgehead atoms. The largest absolute Gasteiger partial charge is 0.597 e. The Morgan fingerprint density at radius 3 is 2.73 bits per heavy atom. The molecule has 0 aromatic rings. The SMILES string of the molecule is CC[C@@H](C(=O)O)/[N+]([O-])=N/OC. The van der Waals surface area contributed by atoms with Crippen LogP contribution in [0.15, 0.2) is 5.28 Å². The van der Waals surface area contributed by atoms with Crippen molar-refractivity contribution in [2.24, 2.45) is 5.28 Å². The Balaban J connectivity index is 4.25. The second kappa shape index (κ2) is 4.48. The number of carbonyl (C=O) groups is 1. The normalized spacial score (nSPS) is 14.2. The maximum Gasteiger partial charge on any atom is 0.377 e. The Bertz CT molecular complexity index is 168. The zero-order valence-corrected chi connectivity index (χ0v) is 6.35. The molecule has 1 atom stereocenters. The molecule has 0 heterocycles. The summed E-state index contributed by atoms with van der Waals surface area (Å²) >= 11 is 0. The van der Waals surface area contributed by atoms with E-state index >= 15 is 0 Å². The lowest BCUT2D eigenvalue weighted by Gasteiger charge is -2.05. The van der Waals surface area contributed by atoms with Gasteiger partial charge in [-0.05, 0) is 4.86 Å². The highest BCUT2D eigenvalue weighted by atomic mass is 16.7. The van der Waals surface area contributed by atoms with Gasteiger partial charge in [0.15, 0.2) is 0 Å². The van der Waals surface area contributed by atoms with Crippen LogP contribution in [-0.4, -0.2) is 29.1 Å². The van der Waals surface area contributed by atoms with Crippen molar-refractivity contribution in [3.05, 3.63) is 5.21 Å². The maximum absolute atomic E-state index is 10.7. The van der Waals surface area contributed by atoms with Crippen molar-refractivity contribution in [2.45, 2.75) is 19.4 Å². The number of rotatable bonds is 4. The Labute approximate surface area is 63.6 Å². The summed E-state index contributed by atoms with van der Waals surface area (Å²) < 4.78 is 0. The average molecular weight is 162 g/mol. The van der Waals surface area contributed by atoms with Gasteiger partial charge in [0.2, 0.25) is 5.28 Å². The third kappa shape index (κ3) is 2.83. The number of carboxylic acids is 1. The molecule has 0 aliphatic carbocycles. The molecule has 0 spiro atoms. The predicted molar refractivity (Wildman–Crippen MR) is 34.8 cm³/mol. The van der Waals surface area contributed by atoms with Crippen LogP contribution >= 0.6 is 0 Å². The minimum absolute atomic E-state index is 0.0301. The van der Waals surface area contributed by atoms with E-state index in [0.717, 1.165) is 0 Å². The van der Waals surface area contributed by atoms with Crippen LogP contribution in [-0.2, 0) is 9.63 Å². The fourth-order valence-electron chi connectivity index (χ4n) is 0.563. The summed E-state index contributed by atoms with van der Waals surface area (Å²) in [4.78, 5) is 14.4. The average Bonchev–Trinajstić information content (AvgIpc) is 1.88. The van der Waals surface area contributed by atoms with E-state index in [2.05, 4.69) is 10.1 Å². The van der Waals surface area contributed by atoms with Gasteiger partial charge >= 0.3 is 5.97 Å². The van der Waals surface area contributed by atoms with E-state index in [1.807, 2.05) is 0 Å². The Hall–Kier alpha value is -1.33. The van der Waals surface area contributed by atoms with E-state index in [1.54, 1.807) is 6.92 Å². The van der Waals surface area contributed by atoms with Crippen LogP contribution in [0.25, 0.3) is 0 Å². The molecule has 0 aromatic heterocycles. The lowest BCUT2D eigenvalue weighted by molar-refractivity contribution is -0.582. The van der Waals surface area contributed by atoms with Crippen molar-refractivity contribution in [1.82, 2.24) is 0 Å². The number of nitrogens with zero attached hydrogens (tertiary/aromatic N) is 2. The highest BCUT2D eigenvalue weighted by molar-refractivity contribution is 5.71. The van der Waals surface area contributed by atoms with E-state index in [4.69, 9.17) is 5.11 Å². The van der Waals surface area contributed by atoms with Gasteiger partial charge in [-0.3, -0.25) is 0 Å². The molecule has 0 rings (SSSR count). The maximum atomic E-state index is 10.7. The van der Waals surface area contributed by atoms with Crippen LogP contribution in [0.2, 0.25) is 0 Å². The van der Waals surface area contributed by atoms with Gasteiger partial charge < -0.3 is 15.2 Å². The third-order valence-electron chi connectivity index (χ3n) is 1.10. The van der Waals surface area contributed by atoms with Gasteiger partial charge in [-0.1, -0.05) is 6.92 Å². The van der Waals surface area contributed by atoms with Crippen LogP contribution < -0.4 is 0 Å². The molecule has 11 heavy (non-hydrogen) atoms. The van der Waals surface area contributed by atoms with E-state index in [1.165, 1.54) is 7.11 Å². The molecular weight excluding hydrogens is 152 g/mol. The minimum Gasteiger partial charge on any atom is -0.597 e. The monoisotopic (exact) mass is 162 g/mol. The first-order valence-electron chi connectivity index (χ1n) is 3.06. The zero-order chi connectivity index (χ0) is 8.85. The van der Waals surface area contributed by atoms with E-state index < -0.39 is 12.0 Å². The second-order valence-electron chi connectivity index (χ2n) is 1.83. The number of hydrogen-bond acceptors (Lipinski definition) is 4. The Kier molecular flexibility index (Phi) is 3.94. The summed E-state index contributed by atoms with van der Waals surface area (Å²) in [6.07, 6.45) is 0.186. The number of hydrogen-bond donors (Lipinski definition) is 1. The van der Waals surface area contributed by atoms with Gasteiger partial charge in [-0.15, -0.1) is 0 Å². The third-order valence-corrected chi connectivity index (χ3v) is 1.10. The number of aliphatic carboxylic acids is 1. The van der Waals surface area contributed by atoms with Crippen LogP contribution in [0.5, 0.6) is 0 Å². The van der Waals surface area contributed by atoms with Crippen LogP contribution in [0.1, 0.15) is 13.3 Å². The topological polar surface area (TPSA) is 85.0 Å². The fourth-order valence-corrected chi connectivity index (χ4v) is 0.563. The summed E-state index contributed by atoms with van der Waals surface area (Å²) in [5.74, 6) is -1.21. The van der Waals surface area contributed by atoms with E-state index in [0.29, 0.717) is 0 Å². The number of carboxylic acid groups (broad SMARTS) is 1. The quantitative estimate of drug-likeness (QED) is 0.367. The Morgan fingerprint density at radius 1 is 1.91 bits per heavy atom. The van der Waals surface area contributed by atoms with Crippen LogP contribution in [0.3, 0.4) is 0 Å². The molecule has 1 N–H and O–H groups in total. The number of hydroxylamine groups is 1. The van der Waals surface area contributed by atoms with Gasteiger partial charge in [-0.25, -0.2) is 4.79 Å². The minimum atomic E-state index is -1.21. The van der Waals surface area contributed by atoms with Gasteiger partial charge in [0.1, 0.15) is 7.11 Å². The molecule has 0 unspecified atom stereocenters. The van der Waals surface area contributed by atoms with Crippen molar-refractivity contribution in [3.63, 3.8) is 0 Å². The predicted octanol–water partition coefficient (Wildman–Crippen LogP) is 0.373. The summed E-state index contributed by atoms with van der Waals surface area (Å²) in [6, 6.07) is -1.16. The van der Waals surface area contributed by atoms with E-state index in [9.17, 15) is 10.0 Å². The van der Waals surface area contributed by atoms with Crippen molar-refractivity contribution < 1.29 is 19.6 Å². The molecule has 0 aliphatic heterocycles.